The van der Waals surface area contributed by atoms with Crippen LogP contribution in [0.25, 0.3) is 0 Å². The van der Waals surface area contributed by atoms with E-state index in [0.29, 0.717) is 19.0 Å². The summed E-state index contributed by atoms with van der Waals surface area (Å²) in [6, 6.07) is 0. The summed E-state index contributed by atoms with van der Waals surface area (Å²) in [6.45, 7) is 2.79. The summed E-state index contributed by atoms with van der Waals surface area (Å²) >= 11 is 0. The molecule has 0 saturated heterocycles. The lowest BCUT2D eigenvalue weighted by Crippen LogP contribution is -2.53. The number of carbonyl (C=O) groups excluding carboxylic acids is 2. The Kier molecular flexibility index (Phi) is 3.68. The highest BCUT2D eigenvalue weighted by Crippen LogP contribution is 2.44. The van der Waals surface area contributed by atoms with Crippen LogP contribution in [0, 0.1) is 11.3 Å². The lowest BCUT2D eigenvalue weighted by molar-refractivity contribution is -0.138. The Morgan fingerprint density at radius 3 is 2.47 bits per heavy atom. The predicted molar refractivity (Wildman–Crippen MR) is 56.7 cm³/mol. The van der Waals surface area contributed by atoms with Gasteiger partial charge in [-0.3, -0.25) is 9.59 Å². The van der Waals surface area contributed by atoms with Gasteiger partial charge in [-0.15, -0.1) is 0 Å². The van der Waals surface area contributed by atoms with Gasteiger partial charge in [0.05, 0.1) is 5.41 Å². The van der Waals surface area contributed by atoms with Crippen LogP contribution in [0.15, 0.2) is 0 Å². The zero-order valence-corrected chi connectivity index (χ0v) is 9.08. The van der Waals surface area contributed by atoms with Crippen LogP contribution in [0.1, 0.15) is 26.2 Å². The lowest BCUT2D eigenvalue weighted by Gasteiger charge is -2.44. The Bertz CT molecular complexity index is 259. The summed E-state index contributed by atoms with van der Waals surface area (Å²) in [5.41, 5.74) is 10.2. The maximum absolute atomic E-state index is 11.8. The standard InChI is InChI=1S/C10H19N3O2/c1-7-4-10(5-7,6-11)9(15)13-3-2-8(12)14/h7H,2-6,11H2,1H3,(H2,12,14)(H,13,15). The predicted octanol–water partition coefficient (Wildman–Crippen LogP) is -0.647. The van der Waals surface area contributed by atoms with Crippen LogP contribution >= 0.6 is 0 Å². The quantitative estimate of drug-likeness (QED) is 0.566. The first-order valence-corrected chi connectivity index (χ1v) is 5.27. The summed E-state index contributed by atoms with van der Waals surface area (Å²) in [7, 11) is 0. The van der Waals surface area contributed by atoms with E-state index in [2.05, 4.69) is 12.2 Å². The van der Waals surface area contributed by atoms with Gasteiger partial charge in [-0.1, -0.05) is 6.92 Å². The van der Waals surface area contributed by atoms with Crippen molar-refractivity contribution in [2.24, 2.45) is 22.8 Å². The van der Waals surface area contributed by atoms with E-state index in [0.717, 1.165) is 12.8 Å². The summed E-state index contributed by atoms with van der Waals surface area (Å²) in [4.78, 5) is 22.2. The average Bonchev–Trinajstić information content (AvgIpc) is 2.11. The molecule has 5 N–H and O–H groups in total. The number of hydrogen-bond acceptors (Lipinski definition) is 3. The van der Waals surface area contributed by atoms with Gasteiger partial charge in [-0.2, -0.15) is 0 Å². The molecule has 0 unspecified atom stereocenters. The maximum atomic E-state index is 11.8. The van der Waals surface area contributed by atoms with E-state index in [9.17, 15) is 9.59 Å². The molecule has 5 heteroatoms. The fourth-order valence-electron chi connectivity index (χ4n) is 2.21. The van der Waals surface area contributed by atoms with Gasteiger partial charge in [-0.05, 0) is 18.8 Å². The average molecular weight is 213 g/mol. The Balaban J connectivity index is 2.35. The highest BCUT2D eigenvalue weighted by molar-refractivity contribution is 5.84. The second-order valence-electron chi connectivity index (χ2n) is 4.47. The van der Waals surface area contributed by atoms with Gasteiger partial charge < -0.3 is 16.8 Å². The molecule has 2 amide bonds. The molecule has 0 aromatic heterocycles. The van der Waals surface area contributed by atoms with Crippen LogP contribution in [-0.2, 0) is 9.59 Å². The van der Waals surface area contributed by atoms with E-state index in [-0.39, 0.29) is 12.3 Å². The van der Waals surface area contributed by atoms with Gasteiger partial charge in [-0.25, -0.2) is 0 Å². The third kappa shape index (κ3) is 2.68. The van der Waals surface area contributed by atoms with Gasteiger partial charge in [0.1, 0.15) is 0 Å². The lowest BCUT2D eigenvalue weighted by atomic mass is 9.62. The normalized spacial score (nSPS) is 29.3. The first-order chi connectivity index (χ1) is 7.00. The molecule has 0 aromatic carbocycles. The molecule has 1 fully saturated rings. The first kappa shape index (κ1) is 12.0. The molecule has 1 aliphatic carbocycles. The number of carbonyl (C=O) groups is 2. The fraction of sp³-hybridized carbons (Fsp3) is 0.800. The van der Waals surface area contributed by atoms with Crippen molar-refractivity contribution in [1.82, 2.24) is 5.32 Å². The monoisotopic (exact) mass is 213 g/mol. The Morgan fingerprint density at radius 2 is 2.07 bits per heavy atom. The van der Waals surface area contributed by atoms with E-state index in [4.69, 9.17) is 11.5 Å². The van der Waals surface area contributed by atoms with Crippen molar-refractivity contribution < 1.29 is 9.59 Å². The number of nitrogens with one attached hydrogen (secondary N) is 1. The Hall–Kier alpha value is -1.10. The summed E-state index contributed by atoms with van der Waals surface area (Å²) in [6.07, 6.45) is 1.86. The van der Waals surface area contributed by atoms with Crippen LogP contribution < -0.4 is 16.8 Å². The molecule has 5 nitrogen and oxygen atoms in total. The summed E-state index contributed by atoms with van der Waals surface area (Å²) in [5, 5.41) is 2.71. The van der Waals surface area contributed by atoms with E-state index in [1.807, 2.05) is 0 Å². The van der Waals surface area contributed by atoms with Crippen LogP contribution in [-0.4, -0.2) is 24.9 Å². The Morgan fingerprint density at radius 1 is 1.47 bits per heavy atom. The van der Waals surface area contributed by atoms with Crippen molar-refractivity contribution in [1.29, 1.82) is 0 Å². The minimum Gasteiger partial charge on any atom is -0.370 e. The minimum absolute atomic E-state index is 0.0376. The van der Waals surface area contributed by atoms with Crippen molar-refractivity contribution in [2.75, 3.05) is 13.1 Å². The molecule has 0 heterocycles. The number of hydrogen-bond donors (Lipinski definition) is 3. The zero-order valence-electron chi connectivity index (χ0n) is 9.08. The van der Waals surface area contributed by atoms with E-state index < -0.39 is 11.3 Å². The molecule has 0 radical (unpaired) electrons. The van der Waals surface area contributed by atoms with E-state index in [1.54, 1.807) is 0 Å². The van der Waals surface area contributed by atoms with Gasteiger partial charge in [0.2, 0.25) is 11.8 Å². The van der Waals surface area contributed by atoms with Gasteiger partial charge in [0.15, 0.2) is 0 Å². The molecule has 86 valence electrons. The zero-order chi connectivity index (χ0) is 11.5. The number of rotatable bonds is 5. The molecule has 0 bridgehead atoms. The van der Waals surface area contributed by atoms with Crippen LogP contribution in [0.4, 0.5) is 0 Å². The van der Waals surface area contributed by atoms with Crippen molar-refractivity contribution in [3.8, 4) is 0 Å². The molecular formula is C10H19N3O2. The molecule has 15 heavy (non-hydrogen) atoms. The fourth-order valence-corrected chi connectivity index (χ4v) is 2.21. The SMILES string of the molecule is CC1CC(CN)(C(=O)NCCC(N)=O)C1. The molecule has 1 saturated carbocycles. The van der Waals surface area contributed by atoms with Crippen molar-refractivity contribution in [3.63, 3.8) is 0 Å². The summed E-state index contributed by atoms with van der Waals surface area (Å²) < 4.78 is 0. The second-order valence-corrected chi connectivity index (χ2v) is 4.47. The van der Waals surface area contributed by atoms with Crippen molar-refractivity contribution in [2.45, 2.75) is 26.2 Å². The molecule has 0 atom stereocenters. The highest BCUT2D eigenvalue weighted by Gasteiger charge is 2.46. The van der Waals surface area contributed by atoms with E-state index >= 15 is 0 Å². The Labute approximate surface area is 89.6 Å². The molecular weight excluding hydrogens is 194 g/mol. The number of nitrogens with two attached hydrogens (primary N) is 2. The molecule has 1 rings (SSSR count). The first-order valence-electron chi connectivity index (χ1n) is 5.27. The van der Waals surface area contributed by atoms with Gasteiger partial charge in [0, 0.05) is 19.5 Å². The topological polar surface area (TPSA) is 98.2 Å². The van der Waals surface area contributed by atoms with Crippen LogP contribution in [0.3, 0.4) is 0 Å². The van der Waals surface area contributed by atoms with Gasteiger partial charge >= 0.3 is 0 Å². The largest absolute Gasteiger partial charge is 0.370 e. The number of primary amides is 1. The van der Waals surface area contributed by atoms with Crippen LogP contribution in [0.5, 0.6) is 0 Å². The molecule has 0 spiro atoms. The third-order valence-corrected chi connectivity index (χ3v) is 3.01. The minimum atomic E-state index is -0.404. The smallest absolute Gasteiger partial charge is 0.227 e. The van der Waals surface area contributed by atoms with Crippen LogP contribution in [0.2, 0.25) is 0 Å². The number of amides is 2. The summed E-state index contributed by atoms with van der Waals surface area (Å²) in [5.74, 6) is 0.124. The third-order valence-electron chi connectivity index (χ3n) is 3.01. The van der Waals surface area contributed by atoms with Crippen molar-refractivity contribution in [3.05, 3.63) is 0 Å². The molecule has 0 aliphatic heterocycles. The van der Waals surface area contributed by atoms with Crippen molar-refractivity contribution >= 4 is 11.8 Å². The second kappa shape index (κ2) is 4.61. The van der Waals surface area contributed by atoms with Gasteiger partial charge in [0.25, 0.3) is 0 Å². The molecule has 1 aliphatic rings. The maximum Gasteiger partial charge on any atom is 0.227 e. The molecule has 0 aromatic rings. The van der Waals surface area contributed by atoms with E-state index in [1.165, 1.54) is 0 Å². The highest BCUT2D eigenvalue weighted by atomic mass is 16.2.